The lowest BCUT2D eigenvalue weighted by atomic mass is 9.84. The predicted octanol–water partition coefficient (Wildman–Crippen LogP) is 3.23. The second-order valence-electron chi connectivity index (χ2n) is 5.92. The van der Waals surface area contributed by atoms with E-state index in [-0.39, 0.29) is 11.2 Å². The third-order valence-corrected chi connectivity index (χ3v) is 7.56. The largest absolute Gasteiger partial charge is 0.381 e. The van der Waals surface area contributed by atoms with Gasteiger partial charge in [-0.3, -0.25) is 0 Å². The molecule has 3 rings (SSSR count). The average Bonchev–Trinajstić information content (AvgIpc) is 2.87. The van der Waals surface area contributed by atoms with Gasteiger partial charge in [-0.15, -0.1) is 11.3 Å². The molecule has 0 bridgehead atoms. The first-order valence-corrected chi connectivity index (χ1v) is 11.1. The number of thiazole rings is 1. The van der Waals surface area contributed by atoms with Crippen LogP contribution in [0.4, 0.5) is 0 Å². The number of sulfone groups is 1. The van der Waals surface area contributed by atoms with Gasteiger partial charge >= 0.3 is 0 Å². The number of hydrogen-bond acceptors (Lipinski definition) is 6. The Kier molecular flexibility index (Phi) is 4.77. The number of thioether (sulfide) groups is 1. The summed E-state index contributed by atoms with van der Waals surface area (Å²) in [7, 11) is -3.00. The lowest BCUT2D eigenvalue weighted by Crippen LogP contribution is -2.38. The van der Waals surface area contributed by atoms with Crippen LogP contribution >= 0.6 is 23.1 Å². The van der Waals surface area contributed by atoms with Gasteiger partial charge in [-0.2, -0.15) is 0 Å². The molecule has 7 heteroatoms. The number of ether oxygens (including phenoxy) is 1. The van der Waals surface area contributed by atoms with Gasteiger partial charge in [-0.05, 0) is 30.4 Å². The highest BCUT2D eigenvalue weighted by molar-refractivity contribution is 8.01. The highest BCUT2D eigenvalue weighted by atomic mass is 32.2. The Morgan fingerprint density at radius 2 is 2.05 bits per heavy atom. The molecule has 1 aromatic carbocycles. The van der Waals surface area contributed by atoms with E-state index < -0.39 is 9.84 Å². The fraction of sp³-hybridized carbons (Fsp3) is 0.533. The van der Waals surface area contributed by atoms with E-state index in [4.69, 9.17) is 4.74 Å². The molecule has 4 nitrogen and oxygen atoms in total. The van der Waals surface area contributed by atoms with Crippen molar-refractivity contribution in [3.8, 4) is 0 Å². The minimum atomic E-state index is -3.00. The fourth-order valence-corrected chi connectivity index (χ4v) is 6.81. The van der Waals surface area contributed by atoms with Crippen molar-refractivity contribution in [3.05, 3.63) is 24.3 Å². The summed E-state index contributed by atoms with van der Waals surface area (Å²) in [4.78, 5) is 4.63. The Balaban J connectivity index is 1.75. The van der Waals surface area contributed by atoms with Gasteiger partial charge in [0, 0.05) is 25.2 Å². The lowest BCUT2D eigenvalue weighted by molar-refractivity contribution is 0.0363. The maximum Gasteiger partial charge on any atom is 0.151 e. The van der Waals surface area contributed by atoms with Crippen LogP contribution in [0.5, 0.6) is 0 Å². The molecule has 22 heavy (non-hydrogen) atoms. The second kappa shape index (κ2) is 6.47. The van der Waals surface area contributed by atoms with Crippen LogP contribution in [0.15, 0.2) is 28.6 Å². The molecule has 0 N–H and O–H groups in total. The minimum Gasteiger partial charge on any atom is -0.381 e. The number of hydrogen-bond donors (Lipinski definition) is 0. The van der Waals surface area contributed by atoms with Crippen LogP contribution in [-0.4, -0.2) is 44.4 Å². The lowest BCUT2D eigenvalue weighted by Gasteiger charge is -2.36. The molecule has 2 heterocycles. The smallest absolute Gasteiger partial charge is 0.151 e. The highest BCUT2D eigenvalue weighted by Crippen LogP contribution is 2.39. The topological polar surface area (TPSA) is 56.3 Å². The van der Waals surface area contributed by atoms with Crippen molar-refractivity contribution in [2.24, 2.45) is 5.41 Å². The van der Waals surface area contributed by atoms with Gasteiger partial charge in [0.15, 0.2) is 4.34 Å². The van der Waals surface area contributed by atoms with Crippen molar-refractivity contribution in [2.45, 2.75) is 17.2 Å². The molecule has 0 amide bonds. The van der Waals surface area contributed by atoms with Crippen LogP contribution in [0.2, 0.25) is 0 Å². The quantitative estimate of drug-likeness (QED) is 0.769. The molecule has 1 fully saturated rings. The van der Waals surface area contributed by atoms with Crippen molar-refractivity contribution in [1.29, 1.82) is 0 Å². The van der Waals surface area contributed by atoms with Crippen molar-refractivity contribution < 1.29 is 13.2 Å². The molecular weight excluding hydrogens is 338 g/mol. The summed E-state index contributed by atoms with van der Waals surface area (Å²) in [5.41, 5.74) is 0.827. The Hall–Kier alpha value is -0.630. The molecule has 0 saturated carbocycles. The summed E-state index contributed by atoms with van der Waals surface area (Å²) in [6.07, 6.45) is 2.93. The van der Waals surface area contributed by atoms with Crippen molar-refractivity contribution in [2.75, 3.05) is 31.0 Å². The molecule has 2 aromatic rings. The minimum absolute atomic E-state index is 0.186. The summed E-state index contributed by atoms with van der Waals surface area (Å²) in [5.74, 6) is 1.02. The van der Waals surface area contributed by atoms with Gasteiger partial charge in [-0.25, -0.2) is 13.4 Å². The second-order valence-corrected chi connectivity index (χ2v) is 10.3. The van der Waals surface area contributed by atoms with E-state index in [1.54, 1.807) is 23.1 Å². The normalized spacial score (nSPS) is 18.6. The summed E-state index contributed by atoms with van der Waals surface area (Å²) in [6.45, 7) is 1.30. The zero-order valence-corrected chi connectivity index (χ0v) is 14.9. The number of benzene rings is 1. The zero-order valence-electron chi connectivity index (χ0n) is 12.4. The van der Waals surface area contributed by atoms with Gasteiger partial charge in [0.2, 0.25) is 0 Å². The van der Waals surface area contributed by atoms with Crippen LogP contribution in [-0.2, 0) is 14.6 Å². The predicted molar refractivity (Wildman–Crippen MR) is 92.5 cm³/mol. The van der Waals surface area contributed by atoms with Crippen LogP contribution in [0.1, 0.15) is 12.8 Å². The molecule has 0 radical (unpaired) electrons. The summed E-state index contributed by atoms with van der Waals surface area (Å²) in [6, 6.07) is 8.08. The first-order chi connectivity index (χ1) is 10.5. The maximum absolute atomic E-state index is 11.8. The van der Waals surface area contributed by atoms with Gasteiger partial charge in [0.1, 0.15) is 9.84 Å². The van der Waals surface area contributed by atoms with Gasteiger partial charge < -0.3 is 4.74 Å². The van der Waals surface area contributed by atoms with Crippen LogP contribution in [0.25, 0.3) is 10.2 Å². The van der Waals surface area contributed by atoms with E-state index in [1.807, 2.05) is 18.2 Å². The Morgan fingerprint density at radius 3 is 2.73 bits per heavy atom. The Labute approximate surface area is 139 Å². The monoisotopic (exact) mass is 357 g/mol. The number of rotatable bonds is 5. The van der Waals surface area contributed by atoms with E-state index in [9.17, 15) is 8.42 Å². The molecule has 120 valence electrons. The molecule has 1 aromatic heterocycles. The van der Waals surface area contributed by atoms with E-state index in [1.165, 1.54) is 11.0 Å². The summed E-state index contributed by atoms with van der Waals surface area (Å²) in [5, 5.41) is 0. The van der Waals surface area contributed by atoms with Gasteiger partial charge in [-0.1, -0.05) is 23.9 Å². The van der Waals surface area contributed by atoms with Crippen molar-refractivity contribution >= 4 is 43.2 Å². The number of aromatic nitrogens is 1. The molecule has 0 aliphatic carbocycles. The zero-order chi connectivity index (χ0) is 15.6. The van der Waals surface area contributed by atoms with Crippen LogP contribution in [0.3, 0.4) is 0 Å². The van der Waals surface area contributed by atoms with E-state index in [0.29, 0.717) is 13.2 Å². The summed E-state index contributed by atoms with van der Waals surface area (Å²) < 4.78 is 31.2. The number of para-hydroxylation sites is 1. The molecule has 1 aliphatic rings. The van der Waals surface area contributed by atoms with Gasteiger partial charge in [0.25, 0.3) is 0 Å². The third kappa shape index (κ3) is 4.01. The van der Waals surface area contributed by atoms with Crippen molar-refractivity contribution in [1.82, 2.24) is 4.98 Å². The maximum atomic E-state index is 11.8. The third-order valence-electron chi connectivity index (χ3n) is 3.90. The van der Waals surface area contributed by atoms with E-state index >= 15 is 0 Å². The van der Waals surface area contributed by atoms with Crippen LogP contribution < -0.4 is 0 Å². The SMILES string of the molecule is CS(=O)(=O)CC1(CSc2nc3ccccc3s2)CCOCC1. The highest BCUT2D eigenvalue weighted by Gasteiger charge is 2.36. The molecule has 1 aliphatic heterocycles. The molecule has 1 saturated heterocycles. The molecule has 0 atom stereocenters. The van der Waals surface area contributed by atoms with E-state index in [0.717, 1.165) is 28.5 Å². The van der Waals surface area contributed by atoms with Gasteiger partial charge in [0.05, 0.1) is 16.0 Å². The number of nitrogens with zero attached hydrogens (tertiary/aromatic N) is 1. The van der Waals surface area contributed by atoms with Crippen LogP contribution in [0, 0.1) is 5.41 Å². The first-order valence-electron chi connectivity index (χ1n) is 7.20. The first kappa shape index (κ1) is 16.2. The molecule has 0 unspecified atom stereocenters. The fourth-order valence-electron chi connectivity index (χ4n) is 2.82. The Morgan fingerprint density at radius 1 is 1.32 bits per heavy atom. The molecular formula is C15H19NO3S3. The average molecular weight is 358 g/mol. The number of fused-ring (bicyclic) bond motifs is 1. The summed E-state index contributed by atoms with van der Waals surface area (Å²) >= 11 is 3.35. The van der Waals surface area contributed by atoms with Crippen molar-refractivity contribution in [3.63, 3.8) is 0 Å². The Bertz CT molecular complexity index is 715. The standard InChI is InChI=1S/C15H19NO3S3/c1-22(17,18)11-15(6-8-19-9-7-15)10-20-14-16-12-4-2-3-5-13(12)21-14/h2-5H,6-11H2,1H3. The van der Waals surface area contributed by atoms with E-state index in [2.05, 4.69) is 11.1 Å². The molecule has 0 spiro atoms.